The van der Waals surface area contributed by atoms with Gasteiger partial charge < -0.3 is 5.32 Å². The minimum absolute atomic E-state index is 0.182. The van der Waals surface area contributed by atoms with Gasteiger partial charge in [-0.3, -0.25) is 14.2 Å². The maximum absolute atomic E-state index is 12.8. The molecule has 1 N–H and O–H groups in total. The van der Waals surface area contributed by atoms with Gasteiger partial charge in [0.25, 0.3) is 5.56 Å². The Labute approximate surface area is 186 Å². The average molecular weight is 469 g/mol. The van der Waals surface area contributed by atoms with Crippen molar-refractivity contribution >= 4 is 69.1 Å². The number of nitrogens with one attached hydrogen (secondary N) is 1. The van der Waals surface area contributed by atoms with E-state index in [-0.39, 0.29) is 28.1 Å². The summed E-state index contributed by atoms with van der Waals surface area (Å²) >= 11 is 19.2. The Balaban J connectivity index is 1.89. The van der Waals surface area contributed by atoms with Crippen LogP contribution < -0.4 is 10.9 Å². The molecule has 1 amide bonds. The second-order valence-electron chi connectivity index (χ2n) is 6.11. The van der Waals surface area contributed by atoms with Gasteiger partial charge in [-0.15, -0.1) is 6.58 Å². The van der Waals surface area contributed by atoms with Crippen molar-refractivity contribution in [1.29, 1.82) is 0 Å². The van der Waals surface area contributed by atoms with E-state index in [4.69, 9.17) is 34.8 Å². The van der Waals surface area contributed by atoms with Crippen LogP contribution in [-0.4, -0.2) is 20.7 Å². The number of hydrogen-bond acceptors (Lipinski definition) is 4. The van der Waals surface area contributed by atoms with Crippen molar-refractivity contribution in [2.75, 3.05) is 5.32 Å². The highest BCUT2D eigenvalue weighted by molar-refractivity contribution is 8.00. The monoisotopic (exact) mass is 467 g/mol. The molecular weight excluding hydrogens is 453 g/mol. The number of amides is 1. The molecule has 1 unspecified atom stereocenters. The van der Waals surface area contributed by atoms with Crippen LogP contribution in [0.15, 0.2) is 59.0 Å². The highest BCUT2D eigenvalue weighted by atomic mass is 35.5. The smallest absolute Gasteiger partial charge is 0.262 e. The summed E-state index contributed by atoms with van der Waals surface area (Å²) in [7, 11) is 0. The van der Waals surface area contributed by atoms with Crippen molar-refractivity contribution in [3.8, 4) is 0 Å². The molecule has 0 aliphatic carbocycles. The molecule has 0 aliphatic heterocycles. The maximum atomic E-state index is 12.8. The lowest BCUT2D eigenvalue weighted by Gasteiger charge is -2.16. The molecule has 29 heavy (non-hydrogen) atoms. The van der Waals surface area contributed by atoms with E-state index >= 15 is 0 Å². The molecule has 0 fully saturated rings. The van der Waals surface area contributed by atoms with Gasteiger partial charge in [0.2, 0.25) is 5.91 Å². The van der Waals surface area contributed by atoms with Crippen molar-refractivity contribution in [3.05, 3.63) is 74.5 Å². The van der Waals surface area contributed by atoms with E-state index in [0.717, 1.165) is 0 Å². The van der Waals surface area contributed by atoms with Gasteiger partial charge in [0.05, 0.1) is 36.9 Å². The average Bonchev–Trinajstić information content (AvgIpc) is 2.69. The Morgan fingerprint density at radius 3 is 2.66 bits per heavy atom. The molecule has 150 valence electrons. The second-order valence-corrected chi connectivity index (χ2v) is 8.64. The molecule has 0 bridgehead atoms. The molecule has 1 heterocycles. The van der Waals surface area contributed by atoms with Gasteiger partial charge in [0.1, 0.15) is 0 Å². The molecule has 2 aromatic carbocycles. The van der Waals surface area contributed by atoms with Crippen molar-refractivity contribution in [2.45, 2.75) is 23.9 Å². The summed E-state index contributed by atoms with van der Waals surface area (Å²) in [5, 5.41) is 3.96. The second kappa shape index (κ2) is 9.22. The summed E-state index contributed by atoms with van der Waals surface area (Å²) in [6.45, 7) is 5.70. The van der Waals surface area contributed by atoms with Crippen LogP contribution in [0, 0.1) is 0 Å². The Morgan fingerprint density at radius 1 is 1.24 bits per heavy atom. The molecule has 3 aromatic rings. The summed E-state index contributed by atoms with van der Waals surface area (Å²) in [6, 6.07) is 10.0. The number of fused-ring (bicyclic) bond motifs is 1. The van der Waals surface area contributed by atoms with Gasteiger partial charge >= 0.3 is 0 Å². The molecule has 9 heteroatoms. The van der Waals surface area contributed by atoms with Gasteiger partial charge in [-0.1, -0.05) is 64.8 Å². The van der Waals surface area contributed by atoms with Crippen LogP contribution in [0.3, 0.4) is 0 Å². The number of carbonyl (C=O) groups is 1. The number of carbonyl (C=O) groups excluding carboxylic acids is 1. The first-order chi connectivity index (χ1) is 13.8. The van der Waals surface area contributed by atoms with Crippen LogP contribution in [0.5, 0.6) is 0 Å². The molecule has 5 nitrogen and oxygen atoms in total. The van der Waals surface area contributed by atoms with E-state index in [1.165, 1.54) is 28.5 Å². The van der Waals surface area contributed by atoms with Gasteiger partial charge in [-0.25, -0.2) is 4.98 Å². The molecule has 3 rings (SSSR count). The van der Waals surface area contributed by atoms with Crippen LogP contribution >= 0.6 is 46.6 Å². The Bertz CT molecular complexity index is 1160. The lowest BCUT2D eigenvalue weighted by Crippen LogP contribution is -2.26. The Hall–Kier alpha value is -1.99. The third-order valence-electron chi connectivity index (χ3n) is 4.06. The summed E-state index contributed by atoms with van der Waals surface area (Å²) in [5.41, 5.74) is 0.743. The fourth-order valence-electron chi connectivity index (χ4n) is 2.59. The third kappa shape index (κ3) is 4.78. The van der Waals surface area contributed by atoms with Gasteiger partial charge in [-0.2, -0.15) is 0 Å². The molecule has 0 saturated heterocycles. The zero-order valence-electron chi connectivity index (χ0n) is 15.3. The van der Waals surface area contributed by atoms with E-state index in [1.807, 2.05) is 6.07 Å². The summed E-state index contributed by atoms with van der Waals surface area (Å²) in [6.07, 6.45) is 1.61. The predicted molar refractivity (Wildman–Crippen MR) is 122 cm³/mol. The molecular formula is C20H16Cl3N3O2S. The van der Waals surface area contributed by atoms with Crippen LogP contribution in [0.2, 0.25) is 15.1 Å². The van der Waals surface area contributed by atoms with E-state index in [0.29, 0.717) is 26.8 Å². The van der Waals surface area contributed by atoms with E-state index in [9.17, 15) is 9.59 Å². The van der Waals surface area contributed by atoms with E-state index < -0.39 is 5.25 Å². The Morgan fingerprint density at radius 2 is 1.93 bits per heavy atom. The fourth-order valence-corrected chi connectivity index (χ4v) is 4.10. The highest BCUT2D eigenvalue weighted by Gasteiger charge is 2.20. The number of aromatic nitrogens is 2. The SMILES string of the molecule is C=CCn1c(SC(C)C(=O)Nc2cc(Cl)c(Cl)cc2Cl)nc2ccccc2c1=O. The standard InChI is InChI=1S/C20H16Cl3N3O2S/c1-3-8-26-19(28)12-6-4-5-7-16(12)25-20(26)29-11(2)18(27)24-17-10-14(22)13(21)9-15(17)23/h3-7,9-11H,1,8H2,2H3,(H,24,27). The van der Waals surface area contributed by atoms with Gasteiger partial charge in [0, 0.05) is 6.54 Å². The summed E-state index contributed by atoms with van der Waals surface area (Å²) in [4.78, 5) is 30.1. The molecule has 0 spiro atoms. The maximum Gasteiger partial charge on any atom is 0.262 e. The quantitative estimate of drug-likeness (QED) is 0.219. The third-order valence-corrected chi connectivity index (χ3v) is 6.18. The lowest BCUT2D eigenvalue weighted by atomic mass is 10.2. The van der Waals surface area contributed by atoms with Gasteiger partial charge in [0.15, 0.2) is 5.16 Å². The molecule has 1 aromatic heterocycles. The van der Waals surface area contributed by atoms with Crippen LogP contribution in [-0.2, 0) is 11.3 Å². The number of thioether (sulfide) groups is 1. The van der Waals surface area contributed by atoms with Crippen LogP contribution in [0.1, 0.15) is 6.92 Å². The first-order valence-corrected chi connectivity index (χ1v) is 10.6. The minimum atomic E-state index is -0.565. The molecule has 0 aliphatic rings. The molecule has 0 saturated carbocycles. The zero-order chi connectivity index (χ0) is 21.1. The van der Waals surface area contributed by atoms with E-state index in [2.05, 4.69) is 16.9 Å². The van der Waals surface area contributed by atoms with Crippen LogP contribution in [0.25, 0.3) is 10.9 Å². The first-order valence-electron chi connectivity index (χ1n) is 8.54. The summed E-state index contributed by atoms with van der Waals surface area (Å²) in [5.74, 6) is -0.317. The minimum Gasteiger partial charge on any atom is -0.324 e. The number of hydrogen-bond donors (Lipinski definition) is 1. The number of nitrogens with zero attached hydrogens (tertiary/aromatic N) is 2. The van der Waals surface area contributed by atoms with Crippen LogP contribution in [0.4, 0.5) is 5.69 Å². The van der Waals surface area contributed by atoms with E-state index in [1.54, 1.807) is 31.2 Å². The fraction of sp³-hybridized carbons (Fsp3) is 0.150. The van der Waals surface area contributed by atoms with Crippen molar-refractivity contribution in [3.63, 3.8) is 0 Å². The first kappa shape index (κ1) is 21.7. The Kier molecular flexibility index (Phi) is 6.90. The van der Waals surface area contributed by atoms with Gasteiger partial charge in [-0.05, 0) is 31.2 Å². The largest absolute Gasteiger partial charge is 0.324 e. The number of allylic oxidation sites excluding steroid dienone is 1. The zero-order valence-corrected chi connectivity index (χ0v) is 18.4. The topological polar surface area (TPSA) is 64.0 Å². The molecule has 0 radical (unpaired) electrons. The number of rotatable bonds is 6. The lowest BCUT2D eigenvalue weighted by molar-refractivity contribution is -0.115. The van der Waals surface area contributed by atoms with Crippen molar-refractivity contribution in [1.82, 2.24) is 9.55 Å². The molecule has 1 atom stereocenters. The predicted octanol–water partition coefficient (Wildman–Crippen LogP) is 5.66. The number of benzene rings is 2. The summed E-state index contributed by atoms with van der Waals surface area (Å²) < 4.78 is 1.50. The number of para-hydroxylation sites is 1. The number of anilines is 1. The van der Waals surface area contributed by atoms with Crippen molar-refractivity contribution in [2.24, 2.45) is 0 Å². The van der Waals surface area contributed by atoms with Crippen molar-refractivity contribution < 1.29 is 4.79 Å². The highest BCUT2D eigenvalue weighted by Crippen LogP contribution is 2.33. The number of halogens is 3. The normalized spacial score (nSPS) is 12.0.